The van der Waals surface area contributed by atoms with Crippen LogP contribution in [0, 0.1) is 5.92 Å². The van der Waals surface area contributed by atoms with Crippen molar-refractivity contribution in [1.29, 1.82) is 0 Å². The molecule has 1 rings (SSSR count). The van der Waals surface area contributed by atoms with Crippen molar-refractivity contribution < 1.29 is 23.1 Å². The number of hydrogen-bond acceptors (Lipinski definition) is 3. The van der Waals surface area contributed by atoms with Gasteiger partial charge in [-0.25, -0.2) is 0 Å². The fourth-order valence-corrected chi connectivity index (χ4v) is 1.92. The molecule has 7 heteroatoms. The van der Waals surface area contributed by atoms with E-state index < -0.39 is 24.7 Å². The van der Waals surface area contributed by atoms with E-state index in [1.54, 1.807) is 0 Å². The largest absolute Gasteiger partial charge is 0.416 e. The predicted molar refractivity (Wildman–Crippen MR) is 55.0 cm³/mol. The number of aliphatic hydroxyl groups is 1. The lowest BCUT2D eigenvalue weighted by molar-refractivity contribution is -0.202. The number of carbonyl (C=O) groups excluding carboxylic acids is 1. The zero-order valence-corrected chi connectivity index (χ0v) is 9.33. The molecule has 17 heavy (non-hydrogen) atoms. The first-order valence-electron chi connectivity index (χ1n) is 5.58. The first-order valence-corrected chi connectivity index (χ1v) is 5.58. The molecule has 0 saturated heterocycles. The molecular formula is C10H17F3N2O2. The molecule has 0 aromatic carbocycles. The monoisotopic (exact) mass is 254 g/mol. The van der Waals surface area contributed by atoms with Crippen LogP contribution < -0.4 is 11.1 Å². The number of aliphatic hydroxyl groups excluding tert-OH is 1. The Morgan fingerprint density at radius 3 is 2.65 bits per heavy atom. The SMILES string of the molecule is NC1CCCC(C(=O)NCC(O)C(F)(F)F)C1. The Balaban J connectivity index is 2.34. The van der Waals surface area contributed by atoms with Crippen LogP contribution in [0.25, 0.3) is 0 Å². The molecule has 0 bridgehead atoms. The van der Waals surface area contributed by atoms with E-state index in [2.05, 4.69) is 5.32 Å². The number of rotatable bonds is 3. The van der Waals surface area contributed by atoms with E-state index in [1.807, 2.05) is 0 Å². The summed E-state index contributed by atoms with van der Waals surface area (Å²) in [4.78, 5) is 11.5. The maximum absolute atomic E-state index is 12.0. The van der Waals surface area contributed by atoms with Crippen molar-refractivity contribution in [3.05, 3.63) is 0 Å². The Kier molecular flexibility index (Phi) is 4.76. The second kappa shape index (κ2) is 5.68. The van der Waals surface area contributed by atoms with Gasteiger partial charge in [-0.05, 0) is 19.3 Å². The van der Waals surface area contributed by atoms with Crippen LogP contribution in [0.15, 0.2) is 0 Å². The summed E-state index contributed by atoms with van der Waals surface area (Å²) in [7, 11) is 0. The van der Waals surface area contributed by atoms with Crippen molar-refractivity contribution in [2.75, 3.05) is 6.54 Å². The summed E-state index contributed by atoms with van der Waals surface area (Å²) in [5, 5.41) is 10.8. The van der Waals surface area contributed by atoms with Crippen molar-refractivity contribution in [2.45, 2.75) is 44.0 Å². The van der Waals surface area contributed by atoms with Gasteiger partial charge in [0.1, 0.15) is 0 Å². The molecule has 0 aromatic heterocycles. The normalized spacial score (nSPS) is 27.6. The molecule has 0 spiro atoms. The second-order valence-corrected chi connectivity index (χ2v) is 4.43. The number of amides is 1. The average molecular weight is 254 g/mol. The third kappa shape index (κ3) is 4.51. The van der Waals surface area contributed by atoms with Crippen molar-refractivity contribution in [3.8, 4) is 0 Å². The minimum Gasteiger partial charge on any atom is -0.382 e. The summed E-state index contributed by atoms with van der Waals surface area (Å²) in [6.07, 6.45) is -4.43. The molecule has 1 amide bonds. The zero-order valence-electron chi connectivity index (χ0n) is 9.33. The van der Waals surface area contributed by atoms with Gasteiger partial charge in [-0.15, -0.1) is 0 Å². The lowest BCUT2D eigenvalue weighted by Crippen LogP contribution is -2.44. The highest BCUT2D eigenvalue weighted by Gasteiger charge is 2.38. The fraction of sp³-hybridized carbons (Fsp3) is 0.900. The molecule has 100 valence electrons. The van der Waals surface area contributed by atoms with Crippen LogP contribution in [0.4, 0.5) is 13.2 Å². The molecule has 3 unspecified atom stereocenters. The first-order chi connectivity index (χ1) is 7.80. The molecule has 0 heterocycles. The van der Waals surface area contributed by atoms with Crippen LogP contribution >= 0.6 is 0 Å². The third-order valence-electron chi connectivity index (χ3n) is 2.93. The number of nitrogens with one attached hydrogen (secondary N) is 1. The van der Waals surface area contributed by atoms with E-state index in [4.69, 9.17) is 10.8 Å². The average Bonchev–Trinajstić information content (AvgIpc) is 2.24. The summed E-state index contributed by atoms with van der Waals surface area (Å²) in [5.41, 5.74) is 5.68. The van der Waals surface area contributed by atoms with Gasteiger partial charge in [-0.2, -0.15) is 13.2 Å². The smallest absolute Gasteiger partial charge is 0.382 e. The van der Waals surface area contributed by atoms with Gasteiger partial charge >= 0.3 is 6.18 Å². The summed E-state index contributed by atoms with van der Waals surface area (Å²) in [5.74, 6) is -0.789. The van der Waals surface area contributed by atoms with Crippen LogP contribution in [0.2, 0.25) is 0 Å². The zero-order chi connectivity index (χ0) is 13.1. The van der Waals surface area contributed by atoms with Crippen LogP contribution in [0.3, 0.4) is 0 Å². The Labute approximate surface area is 97.4 Å². The number of hydrogen-bond donors (Lipinski definition) is 3. The molecule has 4 N–H and O–H groups in total. The highest BCUT2D eigenvalue weighted by Crippen LogP contribution is 2.23. The van der Waals surface area contributed by atoms with E-state index in [1.165, 1.54) is 0 Å². The van der Waals surface area contributed by atoms with Gasteiger partial charge in [-0.3, -0.25) is 4.79 Å². The standard InChI is InChI=1S/C10H17F3N2O2/c11-10(12,13)8(16)5-15-9(17)6-2-1-3-7(14)4-6/h6-8,16H,1-5,14H2,(H,15,17). The van der Waals surface area contributed by atoms with Crippen molar-refractivity contribution in [1.82, 2.24) is 5.32 Å². The lowest BCUT2D eigenvalue weighted by Gasteiger charge is -2.26. The van der Waals surface area contributed by atoms with Crippen molar-refractivity contribution >= 4 is 5.91 Å². The maximum Gasteiger partial charge on any atom is 0.416 e. The van der Waals surface area contributed by atoms with Gasteiger partial charge < -0.3 is 16.2 Å². The van der Waals surface area contributed by atoms with E-state index in [0.29, 0.717) is 12.8 Å². The molecule has 3 atom stereocenters. The molecule has 1 fully saturated rings. The van der Waals surface area contributed by atoms with Crippen LogP contribution in [0.5, 0.6) is 0 Å². The number of nitrogens with two attached hydrogens (primary N) is 1. The van der Waals surface area contributed by atoms with Gasteiger partial charge in [0.2, 0.25) is 5.91 Å². The number of carbonyl (C=O) groups is 1. The molecule has 0 aromatic rings. The van der Waals surface area contributed by atoms with E-state index in [0.717, 1.165) is 12.8 Å². The molecule has 1 saturated carbocycles. The van der Waals surface area contributed by atoms with Gasteiger partial charge in [0.25, 0.3) is 0 Å². The van der Waals surface area contributed by atoms with Crippen molar-refractivity contribution in [2.24, 2.45) is 11.7 Å². The summed E-state index contributed by atoms with van der Waals surface area (Å²) in [6, 6.07) is -0.0629. The molecule has 0 radical (unpaired) electrons. The van der Waals surface area contributed by atoms with E-state index in [9.17, 15) is 18.0 Å². The minimum atomic E-state index is -4.70. The molecule has 1 aliphatic carbocycles. The third-order valence-corrected chi connectivity index (χ3v) is 2.93. The molecule has 1 aliphatic rings. The second-order valence-electron chi connectivity index (χ2n) is 4.43. The van der Waals surface area contributed by atoms with E-state index >= 15 is 0 Å². The summed E-state index contributed by atoms with van der Waals surface area (Å²) < 4.78 is 35.9. The highest BCUT2D eigenvalue weighted by molar-refractivity contribution is 5.78. The fourth-order valence-electron chi connectivity index (χ4n) is 1.92. The van der Waals surface area contributed by atoms with Gasteiger partial charge in [-0.1, -0.05) is 6.42 Å². The van der Waals surface area contributed by atoms with Gasteiger partial charge in [0.15, 0.2) is 6.10 Å². The lowest BCUT2D eigenvalue weighted by atomic mass is 9.85. The highest BCUT2D eigenvalue weighted by atomic mass is 19.4. The minimum absolute atomic E-state index is 0.0629. The van der Waals surface area contributed by atoms with Crippen LogP contribution in [-0.2, 0) is 4.79 Å². The predicted octanol–water partition coefficient (Wildman–Crippen LogP) is 0.543. The van der Waals surface area contributed by atoms with Crippen molar-refractivity contribution in [3.63, 3.8) is 0 Å². The Bertz CT molecular complexity index is 271. The van der Waals surface area contributed by atoms with Crippen LogP contribution in [-0.4, -0.2) is 35.9 Å². The van der Waals surface area contributed by atoms with E-state index in [-0.39, 0.29) is 12.0 Å². The number of alkyl halides is 3. The van der Waals surface area contributed by atoms with Gasteiger partial charge in [0.05, 0.1) is 6.54 Å². The van der Waals surface area contributed by atoms with Crippen LogP contribution in [0.1, 0.15) is 25.7 Å². The molecule has 0 aliphatic heterocycles. The molecular weight excluding hydrogens is 237 g/mol. The van der Waals surface area contributed by atoms with Gasteiger partial charge in [0, 0.05) is 12.0 Å². The quantitative estimate of drug-likeness (QED) is 0.688. The molecule has 4 nitrogen and oxygen atoms in total. The first kappa shape index (κ1) is 14.2. The Hall–Kier alpha value is -0.820. The maximum atomic E-state index is 12.0. The summed E-state index contributed by atoms with van der Waals surface area (Å²) >= 11 is 0. The summed E-state index contributed by atoms with van der Waals surface area (Å²) in [6.45, 7) is -0.798. The Morgan fingerprint density at radius 2 is 2.12 bits per heavy atom. The topological polar surface area (TPSA) is 75.4 Å². The Morgan fingerprint density at radius 1 is 1.47 bits per heavy atom. The number of halogens is 3.